The van der Waals surface area contributed by atoms with E-state index in [0.717, 1.165) is 27.9 Å². The summed E-state index contributed by atoms with van der Waals surface area (Å²) in [6.07, 6.45) is 1.74. The molecule has 0 aliphatic carbocycles. The third-order valence-corrected chi connectivity index (χ3v) is 3.01. The van der Waals surface area contributed by atoms with E-state index in [1.807, 2.05) is 39.0 Å². The average Bonchev–Trinajstić information content (AvgIpc) is 2.28. The Balaban J connectivity index is 2.64. The second-order valence-corrected chi connectivity index (χ2v) is 4.47. The number of pyridine rings is 1. The molecule has 1 N–H and O–H groups in total. The number of nitrogens with zero attached hydrogens (tertiary/aromatic N) is 1. The summed E-state index contributed by atoms with van der Waals surface area (Å²) in [5.41, 5.74) is 5.08. The Labute approximate surface area is 106 Å². The van der Waals surface area contributed by atoms with E-state index in [9.17, 15) is 9.90 Å². The highest BCUT2D eigenvalue weighted by molar-refractivity contribution is 5.91. The number of hydrogen-bond acceptors (Lipinski definition) is 2. The summed E-state index contributed by atoms with van der Waals surface area (Å²) in [5, 5.41) is 9.17. The smallest absolute Gasteiger partial charge is 0.335 e. The molecule has 0 bridgehead atoms. The van der Waals surface area contributed by atoms with Crippen LogP contribution >= 0.6 is 0 Å². The highest BCUT2D eigenvalue weighted by atomic mass is 16.4. The standard InChI is InChI=1S/C15H15NO2/c1-9-6-10(2)14(15(17)18)8-13(9)12-4-5-16-11(3)7-12/h4-8H,1-3H3,(H,17,18). The summed E-state index contributed by atoms with van der Waals surface area (Å²) < 4.78 is 0. The van der Waals surface area contributed by atoms with Crippen molar-refractivity contribution in [2.75, 3.05) is 0 Å². The fourth-order valence-corrected chi connectivity index (χ4v) is 2.11. The summed E-state index contributed by atoms with van der Waals surface area (Å²) in [5.74, 6) is -0.889. The quantitative estimate of drug-likeness (QED) is 0.876. The number of aryl methyl sites for hydroxylation is 3. The lowest BCUT2D eigenvalue weighted by molar-refractivity contribution is 0.0696. The molecular formula is C15H15NO2. The van der Waals surface area contributed by atoms with Gasteiger partial charge in [0.15, 0.2) is 0 Å². The number of rotatable bonds is 2. The van der Waals surface area contributed by atoms with E-state index in [1.165, 1.54) is 0 Å². The highest BCUT2D eigenvalue weighted by Gasteiger charge is 2.11. The van der Waals surface area contributed by atoms with E-state index in [4.69, 9.17) is 0 Å². The van der Waals surface area contributed by atoms with Crippen molar-refractivity contribution in [3.8, 4) is 11.1 Å². The number of aromatic carboxylic acids is 1. The van der Waals surface area contributed by atoms with Gasteiger partial charge in [0.1, 0.15) is 0 Å². The molecule has 92 valence electrons. The first-order valence-corrected chi connectivity index (χ1v) is 5.76. The molecule has 18 heavy (non-hydrogen) atoms. The number of carboxylic acid groups (broad SMARTS) is 1. The molecule has 0 aliphatic heterocycles. The van der Waals surface area contributed by atoms with E-state index < -0.39 is 5.97 Å². The van der Waals surface area contributed by atoms with Crippen molar-refractivity contribution < 1.29 is 9.90 Å². The Hall–Kier alpha value is -2.16. The number of benzene rings is 1. The van der Waals surface area contributed by atoms with Gasteiger partial charge in [0.05, 0.1) is 5.56 Å². The van der Waals surface area contributed by atoms with E-state index in [-0.39, 0.29) is 0 Å². The van der Waals surface area contributed by atoms with Crippen LogP contribution in [0.4, 0.5) is 0 Å². The normalized spacial score (nSPS) is 10.4. The second kappa shape index (κ2) is 4.61. The average molecular weight is 241 g/mol. The highest BCUT2D eigenvalue weighted by Crippen LogP contribution is 2.26. The first-order chi connectivity index (χ1) is 8.49. The third kappa shape index (κ3) is 2.25. The van der Waals surface area contributed by atoms with Gasteiger partial charge in [-0.1, -0.05) is 6.07 Å². The van der Waals surface area contributed by atoms with Crippen LogP contribution in [-0.4, -0.2) is 16.1 Å². The third-order valence-electron chi connectivity index (χ3n) is 3.01. The summed E-state index contributed by atoms with van der Waals surface area (Å²) in [7, 11) is 0. The minimum atomic E-state index is -0.889. The lowest BCUT2D eigenvalue weighted by Gasteiger charge is -2.10. The lowest BCUT2D eigenvalue weighted by atomic mass is 9.95. The Bertz CT molecular complexity index is 618. The largest absolute Gasteiger partial charge is 0.478 e. The molecule has 0 saturated heterocycles. The van der Waals surface area contributed by atoms with Gasteiger partial charge in [-0.15, -0.1) is 0 Å². The molecule has 2 aromatic rings. The zero-order chi connectivity index (χ0) is 13.3. The molecule has 2 rings (SSSR count). The van der Waals surface area contributed by atoms with Crippen molar-refractivity contribution >= 4 is 5.97 Å². The van der Waals surface area contributed by atoms with Gasteiger partial charge >= 0.3 is 5.97 Å². The molecule has 0 spiro atoms. The molecule has 1 heterocycles. The zero-order valence-corrected chi connectivity index (χ0v) is 10.7. The van der Waals surface area contributed by atoms with E-state index in [0.29, 0.717) is 5.56 Å². The number of hydrogen-bond donors (Lipinski definition) is 1. The maximum absolute atomic E-state index is 11.2. The van der Waals surface area contributed by atoms with Gasteiger partial charge in [-0.3, -0.25) is 4.98 Å². The van der Waals surface area contributed by atoms with Crippen LogP contribution in [0.3, 0.4) is 0 Å². The minimum absolute atomic E-state index is 0.352. The predicted molar refractivity (Wildman–Crippen MR) is 70.8 cm³/mol. The van der Waals surface area contributed by atoms with Crippen LogP contribution in [0, 0.1) is 20.8 Å². The Morgan fingerprint density at radius 1 is 1.11 bits per heavy atom. The van der Waals surface area contributed by atoms with Gasteiger partial charge in [0.2, 0.25) is 0 Å². The topological polar surface area (TPSA) is 50.2 Å². The van der Waals surface area contributed by atoms with Crippen LogP contribution < -0.4 is 0 Å². The Morgan fingerprint density at radius 3 is 2.44 bits per heavy atom. The van der Waals surface area contributed by atoms with Crippen molar-refractivity contribution in [3.05, 3.63) is 52.8 Å². The van der Waals surface area contributed by atoms with Crippen molar-refractivity contribution in [1.82, 2.24) is 4.98 Å². The van der Waals surface area contributed by atoms with Gasteiger partial charge in [-0.2, -0.15) is 0 Å². The van der Waals surface area contributed by atoms with Gasteiger partial charge < -0.3 is 5.11 Å². The number of carbonyl (C=O) groups is 1. The number of aromatic nitrogens is 1. The van der Waals surface area contributed by atoms with Crippen molar-refractivity contribution in [2.45, 2.75) is 20.8 Å². The molecule has 0 fully saturated rings. The Kier molecular flexibility index (Phi) is 3.15. The monoisotopic (exact) mass is 241 g/mol. The molecule has 3 nitrogen and oxygen atoms in total. The van der Waals surface area contributed by atoms with Crippen molar-refractivity contribution in [2.24, 2.45) is 0 Å². The van der Waals surface area contributed by atoms with Gasteiger partial charge in [0.25, 0.3) is 0 Å². The molecule has 0 unspecified atom stereocenters. The Morgan fingerprint density at radius 2 is 1.83 bits per heavy atom. The summed E-state index contributed by atoms with van der Waals surface area (Å²) in [6, 6.07) is 7.51. The fraction of sp³-hybridized carbons (Fsp3) is 0.200. The van der Waals surface area contributed by atoms with Crippen LogP contribution in [0.15, 0.2) is 30.5 Å². The minimum Gasteiger partial charge on any atom is -0.478 e. The fourth-order valence-electron chi connectivity index (χ4n) is 2.11. The van der Waals surface area contributed by atoms with Crippen LogP contribution in [0.5, 0.6) is 0 Å². The van der Waals surface area contributed by atoms with Gasteiger partial charge in [-0.05, 0) is 61.2 Å². The molecule has 1 aromatic heterocycles. The van der Waals surface area contributed by atoms with Crippen LogP contribution in [-0.2, 0) is 0 Å². The molecule has 0 amide bonds. The maximum Gasteiger partial charge on any atom is 0.335 e. The summed E-state index contributed by atoms with van der Waals surface area (Å²) >= 11 is 0. The first kappa shape index (κ1) is 12.3. The molecule has 3 heteroatoms. The molecule has 1 aromatic carbocycles. The maximum atomic E-state index is 11.2. The van der Waals surface area contributed by atoms with Crippen LogP contribution in [0.1, 0.15) is 27.2 Å². The zero-order valence-electron chi connectivity index (χ0n) is 10.7. The predicted octanol–water partition coefficient (Wildman–Crippen LogP) is 3.37. The van der Waals surface area contributed by atoms with Crippen molar-refractivity contribution in [1.29, 1.82) is 0 Å². The van der Waals surface area contributed by atoms with E-state index >= 15 is 0 Å². The van der Waals surface area contributed by atoms with Gasteiger partial charge in [-0.25, -0.2) is 4.79 Å². The molecular weight excluding hydrogens is 226 g/mol. The van der Waals surface area contributed by atoms with Crippen LogP contribution in [0.25, 0.3) is 11.1 Å². The van der Waals surface area contributed by atoms with Crippen molar-refractivity contribution in [3.63, 3.8) is 0 Å². The summed E-state index contributed by atoms with van der Waals surface area (Å²) in [4.78, 5) is 15.3. The van der Waals surface area contributed by atoms with Crippen LogP contribution in [0.2, 0.25) is 0 Å². The first-order valence-electron chi connectivity index (χ1n) is 5.76. The number of carboxylic acids is 1. The second-order valence-electron chi connectivity index (χ2n) is 4.47. The van der Waals surface area contributed by atoms with Gasteiger partial charge in [0, 0.05) is 11.9 Å². The van der Waals surface area contributed by atoms with E-state index in [2.05, 4.69) is 4.98 Å². The molecule has 0 aliphatic rings. The summed E-state index contributed by atoms with van der Waals surface area (Å²) in [6.45, 7) is 5.73. The molecule has 0 radical (unpaired) electrons. The lowest BCUT2D eigenvalue weighted by Crippen LogP contribution is -2.01. The molecule has 0 saturated carbocycles. The molecule has 0 atom stereocenters. The SMILES string of the molecule is Cc1cc(-c2cc(C(=O)O)c(C)cc2C)ccn1. The van der Waals surface area contributed by atoms with E-state index in [1.54, 1.807) is 12.3 Å².